The lowest BCUT2D eigenvalue weighted by Crippen LogP contribution is -1.93. The van der Waals surface area contributed by atoms with Crippen LogP contribution in [-0.4, -0.2) is 19.9 Å². The Hall–Kier alpha value is -2.04. The normalized spacial score (nSPS) is 11.6. The van der Waals surface area contributed by atoms with E-state index in [2.05, 4.69) is 19.9 Å². The van der Waals surface area contributed by atoms with Gasteiger partial charge in [0.05, 0.1) is 22.1 Å². The van der Waals surface area contributed by atoms with Crippen LogP contribution < -0.4 is 0 Å². The van der Waals surface area contributed by atoms with E-state index in [4.69, 9.17) is 23.2 Å². The third-order valence-corrected chi connectivity index (χ3v) is 4.28. The first-order valence-electron chi connectivity index (χ1n) is 7.46. The zero-order chi connectivity index (χ0) is 15.8. The fourth-order valence-electron chi connectivity index (χ4n) is 2.73. The molecule has 0 aliphatic carbocycles. The number of imidazole rings is 2. The molecule has 0 aliphatic heterocycles. The van der Waals surface area contributed by atoms with Crippen molar-refractivity contribution in [2.75, 3.05) is 0 Å². The molecule has 4 rings (SSSR count). The number of benzene rings is 2. The molecule has 0 atom stereocenters. The van der Waals surface area contributed by atoms with Gasteiger partial charge in [-0.05, 0) is 42.8 Å². The first-order valence-corrected chi connectivity index (χ1v) is 8.21. The third kappa shape index (κ3) is 3.05. The minimum Gasteiger partial charge on any atom is -0.342 e. The Morgan fingerprint density at radius 3 is 1.70 bits per heavy atom. The number of halogens is 2. The maximum Gasteiger partial charge on any atom is 0.107 e. The Morgan fingerprint density at radius 1 is 0.739 bits per heavy atom. The summed E-state index contributed by atoms with van der Waals surface area (Å²) in [5.74, 6) is 1.95. The van der Waals surface area contributed by atoms with Crippen molar-refractivity contribution < 1.29 is 0 Å². The molecule has 0 fully saturated rings. The van der Waals surface area contributed by atoms with Crippen LogP contribution in [0.5, 0.6) is 0 Å². The van der Waals surface area contributed by atoms with Gasteiger partial charge in [0, 0.05) is 22.9 Å². The average molecular weight is 345 g/mol. The number of fused-ring (bicyclic) bond motifs is 2. The Kier molecular flexibility index (Phi) is 3.71. The lowest BCUT2D eigenvalue weighted by Gasteiger charge is -1.95. The number of H-pyrrole nitrogens is 2. The zero-order valence-corrected chi connectivity index (χ0v) is 13.7. The lowest BCUT2D eigenvalue weighted by atomic mass is 10.2. The molecule has 0 radical (unpaired) electrons. The summed E-state index contributed by atoms with van der Waals surface area (Å²) in [4.78, 5) is 15.8. The van der Waals surface area contributed by atoms with Gasteiger partial charge in [0.2, 0.25) is 0 Å². The zero-order valence-electron chi connectivity index (χ0n) is 12.2. The minimum atomic E-state index is 0.716. The molecule has 0 aliphatic rings. The molecule has 0 saturated carbocycles. The van der Waals surface area contributed by atoms with E-state index in [0.717, 1.165) is 53.0 Å². The molecule has 4 aromatic rings. The fourth-order valence-corrected chi connectivity index (χ4v) is 3.07. The molecule has 0 spiro atoms. The van der Waals surface area contributed by atoms with Crippen LogP contribution in [0.4, 0.5) is 0 Å². The van der Waals surface area contributed by atoms with Crippen LogP contribution in [0.2, 0.25) is 10.0 Å². The van der Waals surface area contributed by atoms with Crippen LogP contribution >= 0.6 is 23.2 Å². The summed E-state index contributed by atoms with van der Waals surface area (Å²) >= 11 is 12.0. The Bertz CT molecular complexity index is 907. The van der Waals surface area contributed by atoms with Gasteiger partial charge < -0.3 is 9.97 Å². The third-order valence-electron chi connectivity index (χ3n) is 3.81. The molecule has 116 valence electrons. The highest BCUT2D eigenvalue weighted by molar-refractivity contribution is 6.31. The van der Waals surface area contributed by atoms with E-state index < -0.39 is 0 Å². The first kappa shape index (κ1) is 14.5. The number of aromatic nitrogens is 4. The Morgan fingerprint density at radius 2 is 1.22 bits per heavy atom. The van der Waals surface area contributed by atoms with Crippen molar-refractivity contribution in [2.24, 2.45) is 0 Å². The molecular weight excluding hydrogens is 331 g/mol. The predicted octanol–water partition coefficient (Wildman–Crippen LogP) is 4.92. The second-order valence-corrected chi connectivity index (χ2v) is 6.42. The Labute approximate surface area is 142 Å². The second kappa shape index (κ2) is 5.87. The van der Waals surface area contributed by atoms with Gasteiger partial charge in [0.15, 0.2) is 0 Å². The van der Waals surface area contributed by atoms with Crippen molar-refractivity contribution in [3.05, 3.63) is 58.1 Å². The number of aromatic amines is 2. The van der Waals surface area contributed by atoms with E-state index in [1.54, 1.807) is 0 Å². The number of rotatable bonds is 4. The van der Waals surface area contributed by atoms with E-state index in [0.29, 0.717) is 10.0 Å². The van der Waals surface area contributed by atoms with Gasteiger partial charge in [-0.3, -0.25) is 0 Å². The van der Waals surface area contributed by atoms with E-state index in [1.807, 2.05) is 36.4 Å². The Balaban J connectivity index is 1.45. The number of aryl methyl sites for hydroxylation is 2. The van der Waals surface area contributed by atoms with Crippen LogP contribution in [0.25, 0.3) is 22.1 Å². The highest BCUT2D eigenvalue weighted by Gasteiger charge is 2.06. The van der Waals surface area contributed by atoms with Crippen molar-refractivity contribution in [2.45, 2.75) is 19.3 Å². The molecule has 0 bridgehead atoms. The molecule has 6 heteroatoms. The molecule has 0 unspecified atom stereocenters. The topological polar surface area (TPSA) is 57.4 Å². The monoisotopic (exact) mass is 344 g/mol. The highest BCUT2D eigenvalue weighted by atomic mass is 35.5. The standard InChI is InChI=1S/C17H14Cl2N4/c18-10-4-6-12-14(8-10)22-16(20-12)2-1-3-17-21-13-7-5-11(19)9-15(13)23-17/h4-9H,1-3H2,(H,20,22)(H,21,23). The van der Waals surface area contributed by atoms with Gasteiger partial charge in [0.1, 0.15) is 11.6 Å². The predicted molar refractivity (Wildman–Crippen MR) is 94.2 cm³/mol. The summed E-state index contributed by atoms with van der Waals surface area (Å²) < 4.78 is 0. The second-order valence-electron chi connectivity index (χ2n) is 5.54. The summed E-state index contributed by atoms with van der Waals surface area (Å²) in [6.07, 6.45) is 2.69. The number of nitrogens with zero attached hydrogens (tertiary/aromatic N) is 2. The SMILES string of the molecule is Clc1ccc2nc(CCCc3nc4ccc(Cl)cc4[nH]3)[nH]c2c1. The van der Waals surface area contributed by atoms with E-state index in [1.165, 1.54) is 0 Å². The molecule has 2 aromatic heterocycles. The molecule has 2 aromatic carbocycles. The van der Waals surface area contributed by atoms with Gasteiger partial charge in [-0.2, -0.15) is 0 Å². The summed E-state index contributed by atoms with van der Waals surface area (Å²) in [7, 11) is 0. The highest BCUT2D eigenvalue weighted by Crippen LogP contribution is 2.19. The van der Waals surface area contributed by atoms with Crippen molar-refractivity contribution in [1.29, 1.82) is 0 Å². The molecule has 23 heavy (non-hydrogen) atoms. The van der Waals surface area contributed by atoms with Crippen molar-refractivity contribution in [3.8, 4) is 0 Å². The smallest absolute Gasteiger partial charge is 0.107 e. The summed E-state index contributed by atoms with van der Waals surface area (Å²) in [5.41, 5.74) is 3.85. The van der Waals surface area contributed by atoms with Crippen LogP contribution in [-0.2, 0) is 12.8 Å². The number of hydrogen-bond acceptors (Lipinski definition) is 2. The summed E-state index contributed by atoms with van der Waals surface area (Å²) in [5, 5.41) is 1.43. The van der Waals surface area contributed by atoms with Crippen LogP contribution in [0, 0.1) is 0 Å². The molecule has 2 heterocycles. The van der Waals surface area contributed by atoms with E-state index in [9.17, 15) is 0 Å². The largest absolute Gasteiger partial charge is 0.342 e. The van der Waals surface area contributed by atoms with E-state index in [-0.39, 0.29) is 0 Å². The van der Waals surface area contributed by atoms with Crippen molar-refractivity contribution >= 4 is 45.3 Å². The lowest BCUT2D eigenvalue weighted by molar-refractivity contribution is 0.759. The van der Waals surface area contributed by atoms with E-state index >= 15 is 0 Å². The van der Waals surface area contributed by atoms with Crippen molar-refractivity contribution in [3.63, 3.8) is 0 Å². The maximum absolute atomic E-state index is 5.99. The van der Waals surface area contributed by atoms with Gasteiger partial charge in [-0.25, -0.2) is 9.97 Å². The number of hydrogen-bond donors (Lipinski definition) is 2. The fraction of sp³-hybridized carbons (Fsp3) is 0.176. The average Bonchev–Trinajstić information content (AvgIpc) is 3.09. The molecular formula is C17H14Cl2N4. The quantitative estimate of drug-likeness (QED) is 0.551. The molecule has 4 nitrogen and oxygen atoms in total. The van der Waals surface area contributed by atoms with Gasteiger partial charge in [0.25, 0.3) is 0 Å². The van der Waals surface area contributed by atoms with Gasteiger partial charge in [-0.15, -0.1) is 0 Å². The van der Waals surface area contributed by atoms with Crippen LogP contribution in [0.3, 0.4) is 0 Å². The maximum atomic E-state index is 5.99. The number of nitrogens with one attached hydrogen (secondary N) is 2. The van der Waals surface area contributed by atoms with Gasteiger partial charge in [-0.1, -0.05) is 23.2 Å². The molecule has 2 N–H and O–H groups in total. The molecule has 0 saturated heterocycles. The van der Waals surface area contributed by atoms with Crippen LogP contribution in [0.15, 0.2) is 36.4 Å². The summed E-state index contributed by atoms with van der Waals surface area (Å²) in [6, 6.07) is 11.4. The van der Waals surface area contributed by atoms with Crippen LogP contribution in [0.1, 0.15) is 18.1 Å². The summed E-state index contributed by atoms with van der Waals surface area (Å²) in [6.45, 7) is 0. The first-order chi connectivity index (χ1) is 11.2. The minimum absolute atomic E-state index is 0.716. The van der Waals surface area contributed by atoms with Gasteiger partial charge >= 0.3 is 0 Å². The molecule has 0 amide bonds. The van der Waals surface area contributed by atoms with Crippen molar-refractivity contribution in [1.82, 2.24) is 19.9 Å².